The molecule has 2 aliphatic heterocycles. The van der Waals surface area contributed by atoms with Gasteiger partial charge in [0.15, 0.2) is 0 Å². The van der Waals surface area contributed by atoms with Crippen LogP contribution in [0.15, 0.2) is 39.7 Å². The number of fused-ring (bicyclic) bond motifs is 4. The molecule has 2 aromatic carbocycles. The van der Waals surface area contributed by atoms with Gasteiger partial charge in [-0.1, -0.05) is 35.8 Å². The van der Waals surface area contributed by atoms with E-state index in [4.69, 9.17) is 4.74 Å². The summed E-state index contributed by atoms with van der Waals surface area (Å²) in [6, 6.07) is 6.13. The third-order valence-corrected chi connectivity index (χ3v) is 8.56. The fourth-order valence-corrected chi connectivity index (χ4v) is 7.06. The van der Waals surface area contributed by atoms with Gasteiger partial charge in [-0.05, 0) is 35.2 Å². The Balaban J connectivity index is 1.87. The molecule has 4 rings (SSSR count). The predicted octanol–water partition coefficient (Wildman–Crippen LogP) is 6.94. The fourth-order valence-electron chi connectivity index (χ4n) is 4.71. The van der Waals surface area contributed by atoms with Gasteiger partial charge in [0, 0.05) is 33.0 Å². The van der Waals surface area contributed by atoms with Gasteiger partial charge in [0.2, 0.25) is 0 Å². The number of nitrogens with one attached hydrogen (secondary N) is 1. The summed E-state index contributed by atoms with van der Waals surface area (Å²) >= 11 is 5.10. The molecule has 33 heavy (non-hydrogen) atoms. The summed E-state index contributed by atoms with van der Waals surface area (Å²) in [7, 11) is 1.56. The number of thioether (sulfide) groups is 1. The van der Waals surface area contributed by atoms with Crippen LogP contribution in [0.1, 0.15) is 36.6 Å². The summed E-state index contributed by atoms with van der Waals surface area (Å²) in [6.07, 6.45) is -11.9. The van der Waals surface area contributed by atoms with Crippen LogP contribution >= 0.6 is 27.7 Å². The Labute approximate surface area is 199 Å². The minimum Gasteiger partial charge on any atom is -0.496 e. The third kappa shape index (κ3) is 3.53. The predicted molar refractivity (Wildman–Crippen MR) is 117 cm³/mol. The van der Waals surface area contributed by atoms with Crippen molar-refractivity contribution >= 4 is 33.4 Å². The Morgan fingerprint density at radius 1 is 1.09 bits per heavy atom. The molecule has 0 unspecified atom stereocenters. The van der Waals surface area contributed by atoms with Crippen LogP contribution in [0.5, 0.6) is 5.75 Å². The molecular formula is C22H20BrF6NO2S. The van der Waals surface area contributed by atoms with E-state index in [0.29, 0.717) is 23.3 Å². The highest BCUT2D eigenvalue weighted by Crippen LogP contribution is 2.58. The van der Waals surface area contributed by atoms with Gasteiger partial charge < -0.3 is 15.2 Å². The van der Waals surface area contributed by atoms with Crippen LogP contribution in [0.3, 0.4) is 0 Å². The van der Waals surface area contributed by atoms with Crippen LogP contribution in [0.4, 0.5) is 32.0 Å². The standard InChI is InChI=1S/C22H20BrF6NO2S/c1-19(2)11-8-10(20(31,21(24,25)26)22(27,28)29)4-6-14(11)30-17-12(19)9-33-18-15(32-3)7-5-13(23)16(17)18/h4-8,12,17,30-31H,9H2,1-3H3/t12-,17-/m1/s1. The van der Waals surface area contributed by atoms with E-state index in [1.807, 2.05) is 12.1 Å². The first kappa shape index (κ1) is 24.5. The first-order chi connectivity index (χ1) is 15.1. The molecule has 2 aliphatic rings. The molecule has 2 atom stereocenters. The molecule has 0 aromatic heterocycles. The zero-order valence-electron chi connectivity index (χ0n) is 17.7. The van der Waals surface area contributed by atoms with E-state index < -0.39 is 28.9 Å². The highest BCUT2D eigenvalue weighted by Gasteiger charge is 2.71. The lowest BCUT2D eigenvalue weighted by molar-refractivity contribution is -0.376. The van der Waals surface area contributed by atoms with E-state index in [1.54, 1.807) is 21.0 Å². The largest absolute Gasteiger partial charge is 0.496 e. The quantitative estimate of drug-likeness (QED) is 0.394. The summed E-state index contributed by atoms with van der Waals surface area (Å²) < 4.78 is 87.0. The Hall–Kier alpha value is -1.59. The lowest BCUT2D eigenvalue weighted by atomic mass is 9.65. The number of hydrogen-bond donors (Lipinski definition) is 2. The first-order valence-electron chi connectivity index (χ1n) is 9.91. The molecule has 0 saturated carbocycles. The molecule has 11 heteroatoms. The number of aliphatic hydroxyl groups is 1. The van der Waals surface area contributed by atoms with Crippen LogP contribution in [0.2, 0.25) is 0 Å². The second-order valence-corrected chi connectivity index (χ2v) is 10.6. The maximum absolute atomic E-state index is 13.5. The van der Waals surface area contributed by atoms with Crippen molar-refractivity contribution in [1.82, 2.24) is 0 Å². The molecule has 0 spiro atoms. The van der Waals surface area contributed by atoms with Crippen molar-refractivity contribution in [2.24, 2.45) is 5.92 Å². The van der Waals surface area contributed by atoms with Crippen molar-refractivity contribution in [2.75, 3.05) is 18.2 Å². The van der Waals surface area contributed by atoms with Crippen molar-refractivity contribution < 1.29 is 36.2 Å². The maximum Gasteiger partial charge on any atom is 0.430 e. The van der Waals surface area contributed by atoms with Crippen molar-refractivity contribution in [3.63, 3.8) is 0 Å². The molecule has 0 saturated heterocycles. The molecule has 0 fully saturated rings. The van der Waals surface area contributed by atoms with Crippen LogP contribution < -0.4 is 10.1 Å². The van der Waals surface area contributed by atoms with Gasteiger partial charge in [0.25, 0.3) is 5.60 Å². The zero-order chi connectivity index (χ0) is 24.6. The van der Waals surface area contributed by atoms with E-state index in [1.165, 1.54) is 17.8 Å². The summed E-state index contributed by atoms with van der Waals surface area (Å²) in [5.74, 6) is 1.10. The normalized spacial score (nSPS) is 22.0. The maximum atomic E-state index is 13.5. The van der Waals surface area contributed by atoms with E-state index in [-0.39, 0.29) is 17.5 Å². The summed E-state index contributed by atoms with van der Waals surface area (Å²) in [4.78, 5) is 0.931. The van der Waals surface area contributed by atoms with Gasteiger partial charge in [0.05, 0.1) is 18.0 Å². The van der Waals surface area contributed by atoms with Crippen LogP contribution in [0, 0.1) is 5.92 Å². The number of alkyl halides is 6. The zero-order valence-corrected chi connectivity index (χ0v) is 20.1. The van der Waals surface area contributed by atoms with E-state index in [2.05, 4.69) is 21.2 Å². The minimum atomic E-state index is -5.94. The van der Waals surface area contributed by atoms with Crippen LogP contribution in [0.25, 0.3) is 0 Å². The SMILES string of the molecule is COc1ccc(Br)c2c1SC[C@@H]1[C@H]2Nc2ccc(C(O)(C(F)(F)F)C(F)(F)F)cc2C1(C)C. The number of benzene rings is 2. The van der Waals surface area contributed by atoms with Crippen LogP contribution in [-0.2, 0) is 11.0 Å². The number of methoxy groups -OCH3 is 1. The average molecular weight is 556 g/mol. The highest BCUT2D eigenvalue weighted by atomic mass is 79.9. The molecule has 180 valence electrons. The molecular weight excluding hydrogens is 536 g/mol. The lowest BCUT2D eigenvalue weighted by Crippen LogP contribution is -2.54. The Bertz CT molecular complexity index is 1090. The number of ether oxygens (including phenoxy) is 1. The van der Waals surface area contributed by atoms with Crippen molar-refractivity contribution in [3.05, 3.63) is 51.5 Å². The molecule has 0 aliphatic carbocycles. The number of anilines is 1. The monoisotopic (exact) mass is 555 g/mol. The topological polar surface area (TPSA) is 41.5 Å². The molecule has 2 heterocycles. The second kappa shape index (κ2) is 7.71. The van der Waals surface area contributed by atoms with E-state index in [9.17, 15) is 31.4 Å². The average Bonchev–Trinajstić information content (AvgIpc) is 2.71. The molecule has 0 bridgehead atoms. The Kier molecular flexibility index (Phi) is 5.73. The first-order valence-corrected chi connectivity index (χ1v) is 11.7. The van der Waals surface area contributed by atoms with Gasteiger partial charge in [-0.3, -0.25) is 0 Å². The van der Waals surface area contributed by atoms with Gasteiger partial charge >= 0.3 is 12.4 Å². The van der Waals surface area contributed by atoms with Gasteiger partial charge in [-0.25, -0.2) is 0 Å². The molecule has 0 amide bonds. The van der Waals surface area contributed by atoms with Crippen molar-refractivity contribution in [3.8, 4) is 5.75 Å². The number of halogens is 7. The highest BCUT2D eigenvalue weighted by molar-refractivity contribution is 9.10. The Morgan fingerprint density at radius 3 is 2.30 bits per heavy atom. The summed E-state index contributed by atoms with van der Waals surface area (Å²) in [6.45, 7) is 3.60. The van der Waals surface area contributed by atoms with Gasteiger partial charge in [0.1, 0.15) is 5.75 Å². The van der Waals surface area contributed by atoms with Crippen molar-refractivity contribution in [1.29, 1.82) is 0 Å². The van der Waals surface area contributed by atoms with Crippen LogP contribution in [-0.4, -0.2) is 30.3 Å². The van der Waals surface area contributed by atoms with E-state index >= 15 is 0 Å². The molecule has 0 radical (unpaired) electrons. The third-order valence-electron chi connectivity index (χ3n) is 6.64. The smallest absolute Gasteiger partial charge is 0.430 e. The number of rotatable bonds is 2. The fraction of sp³-hybridized carbons (Fsp3) is 0.455. The number of hydrogen-bond acceptors (Lipinski definition) is 4. The van der Waals surface area contributed by atoms with Gasteiger partial charge in [-0.2, -0.15) is 26.3 Å². The summed E-state index contributed by atoms with van der Waals surface area (Å²) in [5, 5.41) is 13.2. The minimum absolute atomic E-state index is 0.161. The molecule has 2 N–H and O–H groups in total. The second-order valence-electron chi connectivity index (χ2n) is 8.72. The van der Waals surface area contributed by atoms with Crippen molar-refractivity contribution in [2.45, 2.75) is 48.2 Å². The Morgan fingerprint density at radius 2 is 1.73 bits per heavy atom. The lowest BCUT2D eigenvalue weighted by Gasteiger charge is -2.49. The molecule has 3 nitrogen and oxygen atoms in total. The summed E-state index contributed by atoms with van der Waals surface area (Å²) in [5.41, 5.74) is -5.37. The van der Waals surface area contributed by atoms with E-state index in [0.717, 1.165) is 21.0 Å². The molecule has 2 aromatic rings. The van der Waals surface area contributed by atoms with Gasteiger partial charge in [-0.15, -0.1) is 11.8 Å².